The average Bonchev–Trinajstić information content (AvgIpc) is 2.46. The summed E-state index contributed by atoms with van der Waals surface area (Å²) in [5, 5.41) is 0. The Morgan fingerprint density at radius 3 is 1.88 bits per heavy atom. The van der Waals surface area contributed by atoms with Crippen molar-refractivity contribution >= 4 is 30.1 Å². The summed E-state index contributed by atoms with van der Waals surface area (Å²) in [6, 6.07) is 14.0. The highest BCUT2D eigenvalue weighted by atomic mass is 33.2. The van der Waals surface area contributed by atoms with E-state index >= 15 is 0 Å². The fourth-order valence-electron chi connectivity index (χ4n) is 1.88. The molecule has 0 saturated carbocycles. The van der Waals surface area contributed by atoms with E-state index in [1.54, 1.807) is 18.2 Å². The van der Waals surface area contributed by atoms with Crippen molar-refractivity contribution in [2.24, 2.45) is 0 Å². The van der Waals surface area contributed by atoms with Crippen LogP contribution in [-0.2, 0) is 28.3 Å². The molecular weight excluding hydrogens is 368 g/mol. The molecule has 0 heterocycles. The molecule has 2 rings (SSSR count). The standard InChI is InChI=1S/C16H18O5S3/c1-16(2,3)13-9-11-14(12-10-13)22-24(19,20)21-23(17,18)15-7-5-4-6-8-15/h4-12H,1-3H3. The maximum Gasteiger partial charge on any atom is 0.341 e. The lowest BCUT2D eigenvalue weighted by atomic mass is 9.87. The topological polar surface area (TPSA) is 77.5 Å². The molecule has 0 aliphatic rings. The van der Waals surface area contributed by atoms with Gasteiger partial charge < -0.3 is 0 Å². The van der Waals surface area contributed by atoms with Crippen LogP contribution < -0.4 is 0 Å². The van der Waals surface area contributed by atoms with Crippen LogP contribution in [0.25, 0.3) is 0 Å². The number of rotatable bonds is 5. The average molecular weight is 387 g/mol. The second-order valence-corrected chi connectivity index (χ2v) is 11.2. The van der Waals surface area contributed by atoms with Crippen LogP contribution >= 0.6 is 10.8 Å². The summed E-state index contributed by atoms with van der Waals surface area (Å²) in [7, 11) is -8.38. The summed E-state index contributed by atoms with van der Waals surface area (Å²) in [6.07, 6.45) is 0. The first-order valence-electron chi connectivity index (χ1n) is 7.06. The molecule has 0 radical (unpaired) electrons. The van der Waals surface area contributed by atoms with Gasteiger partial charge in [-0.15, -0.1) is 3.63 Å². The minimum Gasteiger partial charge on any atom is -0.193 e. The first kappa shape index (κ1) is 19.0. The van der Waals surface area contributed by atoms with E-state index in [1.807, 2.05) is 32.9 Å². The van der Waals surface area contributed by atoms with Gasteiger partial charge in [0.25, 0.3) is 0 Å². The molecule has 2 aromatic carbocycles. The summed E-state index contributed by atoms with van der Waals surface area (Å²) >= 11 is 0. The van der Waals surface area contributed by atoms with Gasteiger partial charge in [0.2, 0.25) is 0 Å². The molecule has 0 amide bonds. The molecule has 5 nitrogen and oxygen atoms in total. The fraction of sp³-hybridized carbons (Fsp3) is 0.250. The van der Waals surface area contributed by atoms with Crippen molar-refractivity contribution in [3.8, 4) is 0 Å². The highest BCUT2D eigenvalue weighted by Gasteiger charge is 2.26. The van der Waals surface area contributed by atoms with Gasteiger partial charge in [0.1, 0.15) is 0 Å². The largest absolute Gasteiger partial charge is 0.341 e. The Morgan fingerprint density at radius 1 is 0.833 bits per heavy atom. The third kappa shape index (κ3) is 5.07. The molecule has 0 fully saturated rings. The van der Waals surface area contributed by atoms with E-state index in [0.717, 1.165) is 5.56 Å². The lowest BCUT2D eigenvalue weighted by Gasteiger charge is -2.18. The summed E-state index contributed by atoms with van der Waals surface area (Å²) in [5.74, 6) is 0. The van der Waals surface area contributed by atoms with Crippen molar-refractivity contribution in [1.29, 1.82) is 0 Å². The second kappa shape index (κ2) is 6.87. The summed E-state index contributed by atoms with van der Waals surface area (Å²) < 4.78 is 52.5. The van der Waals surface area contributed by atoms with Crippen molar-refractivity contribution in [2.45, 2.75) is 36.0 Å². The fourth-order valence-corrected chi connectivity index (χ4v) is 6.10. The molecular formula is C16H18O5S3. The predicted molar refractivity (Wildman–Crippen MR) is 94.6 cm³/mol. The van der Waals surface area contributed by atoms with Crippen LogP contribution in [0.3, 0.4) is 0 Å². The molecule has 0 unspecified atom stereocenters. The van der Waals surface area contributed by atoms with Crippen LogP contribution in [0.2, 0.25) is 0 Å². The Balaban J connectivity index is 2.17. The van der Waals surface area contributed by atoms with Gasteiger partial charge in [-0.2, -0.15) is 16.8 Å². The monoisotopic (exact) mass is 386 g/mol. The Kier molecular flexibility index (Phi) is 5.44. The van der Waals surface area contributed by atoms with E-state index in [0.29, 0.717) is 15.7 Å². The van der Waals surface area contributed by atoms with E-state index < -0.39 is 19.3 Å². The molecule has 0 aliphatic carbocycles. The van der Waals surface area contributed by atoms with Gasteiger partial charge in [0, 0.05) is 15.7 Å². The Bertz CT molecular complexity index is 894. The van der Waals surface area contributed by atoms with Crippen molar-refractivity contribution < 1.29 is 20.5 Å². The summed E-state index contributed by atoms with van der Waals surface area (Å²) in [6.45, 7) is 6.13. The quantitative estimate of drug-likeness (QED) is 0.729. The van der Waals surface area contributed by atoms with E-state index in [4.69, 9.17) is 0 Å². The number of hydrogen-bond donors (Lipinski definition) is 0. The zero-order valence-electron chi connectivity index (χ0n) is 13.5. The lowest BCUT2D eigenvalue weighted by Crippen LogP contribution is -2.11. The van der Waals surface area contributed by atoms with Gasteiger partial charge in [-0.25, -0.2) is 0 Å². The van der Waals surface area contributed by atoms with Crippen LogP contribution in [0.4, 0.5) is 0 Å². The van der Waals surface area contributed by atoms with Gasteiger partial charge in [-0.3, -0.25) is 0 Å². The highest BCUT2D eigenvalue weighted by molar-refractivity contribution is 8.71. The molecule has 0 saturated heterocycles. The van der Waals surface area contributed by atoms with Crippen LogP contribution in [0.15, 0.2) is 64.4 Å². The molecule has 0 atom stereocenters. The maximum atomic E-state index is 12.0. The second-order valence-electron chi connectivity index (χ2n) is 6.10. The Morgan fingerprint density at radius 2 is 1.38 bits per heavy atom. The van der Waals surface area contributed by atoms with Crippen molar-refractivity contribution in [3.63, 3.8) is 0 Å². The van der Waals surface area contributed by atoms with Crippen LogP contribution in [-0.4, -0.2) is 16.8 Å². The predicted octanol–water partition coefficient (Wildman–Crippen LogP) is 3.73. The van der Waals surface area contributed by atoms with Gasteiger partial charge in [0.05, 0.1) is 4.90 Å². The van der Waals surface area contributed by atoms with Crippen LogP contribution in [0, 0.1) is 0 Å². The van der Waals surface area contributed by atoms with Gasteiger partial charge in [-0.05, 0) is 35.2 Å². The van der Waals surface area contributed by atoms with E-state index in [1.165, 1.54) is 24.3 Å². The summed E-state index contributed by atoms with van der Waals surface area (Å²) in [5.41, 5.74) is 0.983. The zero-order chi connectivity index (χ0) is 18.0. The van der Waals surface area contributed by atoms with Crippen LogP contribution in [0.5, 0.6) is 0 Å². The molecule has 0 aliphatic heterocycles. The summed E-state index contributed by atoms with van der Waals surface area (Å²) in [4.78, 5) is 0.170. The molecule has 2 aromatic rings. The normalized spacial score (nSPS) is 13.0. The third-order valence-corrected chi connectivity index (χ3v) is 7.71. The molecule has 0 spiro atoms. The Hall–Kier alpha value is -1.35. The lowest BCUT2D eigenvalue weighted by molar-refractivity contribution is 0.474. The molecule has 8 heteroatoms. The highest BCUT2D eigenvalue weighted by Crippen LogP contribution is 2.31. The minimum absolute atomic E-state index is 0.0603. The number of hydrogen-bond acceptors (Lipinski definition) is 6. The van der Waals surface area contributed by atoms with Crippen molar-refractivity contribution in [2.75, 3.05) is 0 Å². The van der Waals surface area contributed by atoms with Crippen molar-refractivity contribution in [1.82, 2.24) is 0 Å². The van der Waals surface area contributed by atoms with E-state index in [2.05, 4.69) is 3.63 Å². The number of benzene rings is 2. The SMILES string of the molecule is CC(C)(C)c1ccc(SS(=O)(=O)OS(=O)(=O)c2ccccc2)cc1. The molecule has 130 valence electrons. The van der Waals surface area contributed by atoms with Crippen LogP contribution in [0.1, 0.15) is 26.3 Å². The third-order valence-electron chi connectivity index (χ3n) is 3.12. The first-order chi connectivity index (χ1) is 11.0. The van der Waals surface area contributed by atoms with Gasteiger partial charge in [-0.1, -0.05) is 51.1 Å². The molecule has 24 heavy (non-hydrogen) atoms. The first-order valence-corrected chi connectivity index (χ1v) is 11.2. The van der Waals surface area contributed by atoms with Gasteiger partial charge in [0.15, 0.2) is 0 Å². The molecule has 0 N–H and O–H groups in total. The van der Waals surface area contributed by atoms with E-state index in [9.17, 15) is 16.8 Å². The minimum atomic E-state index is -4.38. The zero-order valence-corrected chi connectivity index (χ0v) is 15.9. The maximum absolute atomic E-state index is 12.0. The smallest absolute Gasteiger partial charge is 0.193 e. The molecule has 0 aromatic heterocycles. The van der Waals surface area contributed by atoms with Gasteiger partial charge >= 0.3 is 19.3 Å². The molecule has 0 bridgehead atoms. The van der Waals surface area contributed by atoms with E-state index in [-0.39, 0.29) is 10.3 Å². The Labute approximate surface area is 146 Å². The van der Waals surface area contributed by atoms with Crippen molar-refractivity contribution in [3.05, 3.63) is 60.2 Å².